The summed E-state index contributed by atoms with van der Waals surface area (Å²) in [5.74, 6) is 0.562. The summed E-state index contributed by atoms with van der Waals surface area (Å²) in [6.45, 7) is 6.35. The van der Waals surface area contributed by atoms with Crippen molar-refractivity contribution >= 4 is 16.7 Å². The fourth-order valence-corrected chi connectivity index (χ4v) is 3.85. The number of rotatable bonds is 7. The Morgan fingerprint density at radius 1 is 1.12 bits per heavy atom. The molecule has 2 heterocycles. The fourth-order valence-electron chi connectivity index (χ4n) is 3.85. The van der Waals surface area contributed by atoms with Crippen LogP contribution in [0.3, 0.4) is 0 Å². The first-order chi connectivity index (χ1) is 15.4. The number of ether oxygens (including phenoxy) is 1. The topological polar surface area (TPSA) is 76.3 Å². The van der Waals surface area contributed by atoms with Crippen molar-refractivity contribution in [3.63, 3.8) is 0 Å². The number of aliphatic hydroxyl groups is 1. The van der Waals surface area contributed by atoms with Crippen molar-refractivity contribution in [2.45, 2.75) is 26.9 Å². The summed E-state index contributed by atoms with van der Waals surface area (Å²) in [6.07, 6.45) is -0.703. The Morgan fingerprint density at radius 3 is 2.56 bits per heavy atom. The maximum absolute atomic E-state index is 14.9. The second-order valence-electron chi connectivity index (χ2n) is 7.68. The Morgan fingerprint density at radius 2 is 1.88 bits per heavy atom. The average Bonchev–Trinajstić information content (AvgIpc) is 3.12. The minimum absolute atomic E-state index is 0.306. The molecule has 0 radical (unpaired) electrons. The molecule has 0 aliphatic heterocycles. The number of aryl methyl sites for hydroxylation is 2. The van der Waals surface area contributed by atoms with Gasteiger partial charge in [0.15, 0.2) is 11.6 Å². The van der Waals surface area contributed by atoms with E-state index in [-0.39, 0.29) is 0 Å². The Bertz CT molecular complexity index is 1240. The molecule has 4 aromatic rings. The molecule has 8 heteroatoms. The zero-order valence-electron chi connectivity index (χ0n) is 18.6. The van der Waals surface area contributed by atoms with Crippen molar-refractivity contribution in [3.8, 4) is 11.4 Å². The van der Waals surface area contributed by atoms with E-state index >= 15 is 0 Å². The monoisotopic (exact) mass is 435 g/mol. The highest BCUT2D eigenvalue weighted by molar-refractivity contribution is 5.92. The van der Waals surface area contributed by atoms with Crippen LogP contribution in [0.15, 0.2) is 48.5 Å². The van der Waals surface area contributed by atoms with Crippen molar-refractivity contribution in [3.05, 3.63) is 71.3 Å². The number of aliphatic hydroxyl groups excluding tert-OH is 1. The summed E-state index contributed by atoms with van der Waals surface area (Å²) in [7, 11) is 1.83. The molecule has 0 fully saturated rings. The van der Waals surface area contributed by atoms with Gasteiger partial charge in [-0.1, -0.05) is 30.3 Å². The summed E-state index contributed by atoms with van der Waals surface area (Å²) in [4.78, 5) is 1.82. The molecule has 0 aliphatic carbocycles. The number of likely N-dealkylation sites (N-methyl/N-ethyl adjacent to an activating group) is 1. The molecule has 32 heavy (non-hydrogen) atoms. The molecule has 4 rings (SSSR count). The van der Waals surface area contributed by atoms with E-state index < -0.39 is 11.9 Å². The molecule has 7 nitrogen and oxygen atoms in total. The van der Waals surface area contributed by atoms with Gasteiger partial charge in [-0.2, -0.15) is 10.2 Å². The third-order valence-corrected chi connectivity index (χ3v) is 5.44. The van der Waals surface area contributed by atoms with Gasteiger partial charge in [0.1, 0.15) is 17.0 Å². The molecule has 2 aromatic carbocycles. The van der Waals surface area contributed by atoms with Crippen molar-refractivity contribution < 1.29 is 14.2 Å². The largest absolute Gasteiger partial charge is 0.494 e. The fraction of sp³-hybridized carbons (Fsp3) is 0.292. The van der Waals surface area contributed by atoms with Crippen LogP contribution in [-0.4, -0.2) is 45.3 Å². The summed E-state index contributed by atoms with van der Waals surface area (Å²) < 4.78 is 21.8. The maximum atomic E-state index is 14.9. The summed E-state index contributed by atoms with van der Waals surface area (Å²) in [5.41, 5.74) is 3.20. The number of anilines is 1. The van der Waals surface area contributed by atoms with E-state index in [0.717, 1.165) is 16.6 Å². The predicted molar refractivity (Wildman–Crippen MR) is 122 cm³/mol. The molecule has 1 N–H and O–H groups in total. The van der Waals surface area contributed by atoms with Crippen molar-refractivity contribution in [2.24, 2.45) is 0 Å². The second kappa shape index (κ2) is 8.92. The molecule has 0 aliphatic rings. The van der Waals surface area contributed by atoms with Crippen molar-refractivity contribution in [1.82, 2.24) is 20.0 Å². The standard InChI is InChI=1S/C24H26FN5O2/c1-5-32-18-11-12-20(19(25)13-18)30-16(3)22-15(2)26-27-24(23(22)28-30)29(4)14-21(31)17-9-7-6-8-10-17/h6-13,21,31H,5,14H2,1-4H3. The van der Waals surface area contributed by atoms with Crippen LogP contribution in [0.1, 0.15) is 30.0 Å². The molecule has 1 atom stereocenters. The molecule has 0 spiro atoms. The van der Waals surface area contributed by atoms with E-state index in [1.165, 1.54) is 6.07 Å². The Labute approximate surface area is 186 Å². The number of benzene rings is 2. The first-order valence-electron chi connectivity index (χ1n) is 10.5. The lowest BCUT2D eigenvalue weighted by Gasteiger charge is -2.21. The van der Waals surface area contributed by atoms with E-state index in [0.29, 0.717) is 41.6 Å². The average molecular weight is 436 g/mol. The number of halogens is 1. The van der Waals surface area contributed by atoms with E-state index in [1.807, 2.05) is 63.1 Å². The van der Waals surface area contributed by atoms with E-state index in [1.54, 1.807) is 16.8 Å². The van der Waals surface area contributed by atoms with Gasteiger partial charge in [0.2, 0.25) is 0 Å². The molecule has 0 bridgehead atoms. The zero-order chi connectivity index (χ0) is 22.8. The van der Waals surface area contributed by atoms with Crippen LogP contribution in [-0.2, 0) is 0 Å². The molecule has 166 valence electrons. The summed E-state index contributed by atoms with van der Waals surface area (Å²) >= 11 is 0. The molecule has 0 amide bonds. The zero-order valence-corrected chi connectivity index (χ0v) is 18.6. The van der Waals surface area contributed by atoms with E-state index in [2.05, 4.69) is 10.2 Å². The third kappa shape index (κ3) is 4.01. The predicted octanol–water partition coefficient (Wildman–Crippen LogP) is 4.14. The Kier molecular flexibility index (Phi) is 6.05. The number of hydrogen-bond donors (Lipinski definition) is 1. The first kappa shape index (κ1) is 21.7. The lowest BCUT2D eigenvalue weighted by molar-refractivity contribution is 0.185. The maximum Gasteiger partial charge on any atom is 0.179 e. The van der Waals surface area contributed by atoms with Gasteiger partial charge in [0.25, 0.3) is 0 Å². The van der Waals surface area contributed by atoms with E-state index in [9.17, 15) is 9.50 Å². The number of fused-ring (bicyclic) bond motifs is 1. The van der Waals surface area contributed by atoms with Gasteiger partial charge < -0.3 is 14.7 Å². The van der Waals surface area contributed by atoms with Crippen LogP contribution < -0.4 is 9.64 Å². The van der Waals surface area contributed by atoms with Crippen LogP contribution >= 0.6 is 0 Å². The van der Waals surface area contributed by atoms with Gasteiger partial charge in [0.05, 0.1) is 29.5 Å². The van der Waals surface area contributed by atoms with Crippen LogP contribution in [0, 0.1) is 19.7 Å². The lowest BCUT2D eigenvalue weighted by atomic mass is 10.1. The summed E-state index contributed by atoms with van der Waals surface area (Å²) in [5, 5.41) is 24.8. The van der Waals surface area contributed by atoms with Crippen molar-refractivity contribution in [2.75, 3.05) is 25.1 Å². The molecule has 0 saturated carbocycles. The SMILES string of the molecule is CCOc1ccc(-n2nc3c(N(C)CC(O)c4ccccc4)nnc(C)c3c2C)c(F)c1. The normalized spacial score (nSPS) is 12.2. The van der Waals surface area contributed by atoms with Gasteiger partial charge in [-0.15, -0.1) is 5.10 Å². The highest BCUT2D eigenvalue weighted by Gasteiger charge is 2.22. The van der Waals surface area contributed by atoms with Crippen LogP contribution in [0.25, 0.3) is 16.6 Å². The molecular formula is C24H26FN5O2. The van der Waals surface area contributed by atoms with Crippen LogP contribution in [0.4, 0.5) is 10.2 Å². The second-order valence-corrected chi connectivity index (χ2v) is 7.68. The molecule has 2 aromatic heterocycles. The molecule has 0 saturated heterocycles. The van der Waals surface area contributed by atoms with Gasteiger partial charge >= 0.3 is 0 Å². The highest BCUT2D eigenvalue weighted by atomic mass is 19.1. The van der Waals surface area contributed by atoms with E-state index in [4.69, 9.17) is 9.84 Å². The van der Waals surface area contributed by atoms with Crippen molar-refractivity contribution in [1.29, 1.82) is 0 Å². The Balaban J connectivity index is 1.74. The van der Waals surface area contributed by atoms with Crippen LogP contribution in [0.2, 0.25) is 0 Å². The number of hydrogen-bond acceptors (Lipinski definition) is 6. The van der Waals surface area contributed by atoms with Gasteiger partial charge in [-0.3, -0.25) is 0 Å². The third-order valence-electron chi connectivity index (χ3n) is 5.44. The van der Waals surface area contributed by atoms with Gasteiger partial charge in [-0.05, 0) is 38.5 Å². The summed E-state index contributed by atoms with van der Waals surface area (Å²) in [6, 6.07) is 14.2. The van der Waals surface area contributed by atoms with Crippen LogP contribution in [0.5, 0.6) is 5.75 Å². The minimum Gasteiger partial charge on any atom is -0.494 e. The molecular weight excluding hydrogens is 409 g/mol. The number of aromatic nitrogens is 4. The quantitative estimate of drug-likeness (QED) is 0.470. The molecule has 1 unspecified atom stereocenters. The Hall–Kier alpha value is -3.52. The van der Waals surface area contributed by atoms with Gasteiger partial charge in [0, 0.05) is 19.7 Å². The number of nitrogens with zero attached hydrogens (tertiary/aromatic N) is 5. The van der Waals surface area contributed by atoms with Gasteiger partial charge in [-0.25, -0.2) is 9.07 Å². The minimum atomic E-state index is -0.703. The smallest absolute Gasteiger partial charge is 0.179 e. The lowest BCUT2D eigenvalue weighted by Crippen LogP contribution is -2.25. The highest BCUT2D eigenvalue weighted by Crippen LogP contribution is 2.31. The first-order valence-corrected chi connectivity index (χ1v) is 10.5.